The Morgan fingerprint density at radius 1 is 1.14 bits per heavy atom. The molecule has 2 atom stereocenters. The molecule has 5 heteroatoms. The second-order valence-corrected chi connectivity index (χ2v) is 6.05. The summed E-state index contributed by atoms with van der Waals surface area (Å²) < 4.78 is 13.8. The Morgan fingerprint density at radius 2 is 1.86 bits per heavy atom. The third-order valence-electron chi connectivity index (χ3n) is 4.07. The number of rotatable bonds is 3. The topological polar surface area (TPSA) is 29.3 Å². The quantitative estimate of drug-likeness (QED) is 0.919. The Kier molecular flexibility index (Phi) is 5.81. The van der Waals surface area contributed by atoms with Crippen molar-refractivity contribution in [2.45, 2.75) is 18.5 Å². The van der Waals surface area contributed by atoms with E-state index in [0.717, 1.165) is 13.1 Å². The zero-order valence-electron chi connectivity index (χ0n) is 12.1. The maximum atomic E-state index is 13.8. The van der Waals surface area contributed by atoms with Crippen molar-refractivity contribution in [3.8, 4) is 0 Å². The van der Waals surface area contributed by atoms with Gasteiger partial charge in [-0.05, 0) is 23.8 Å². The third kappa shape index (κ3) is 3.79. The van der Waals surface area contributed by atoms with Gasteiger partial charge in [-0.3, -0.25) is 4.90 Å². The van der Waals surface area contributed by atoms with Crippen molar-refractivity contribution in [1.82, 2.24) is 4.90 Å². The molecule has 0 saturated carbocycles. The molecule has 0 aliphatic carbocycles. The number of halogens is 3. The molecule has 2 aromatic rings. The number of hydrogen-bond acceptors (Lipinski definition) is 2. The second-order valence-electron chi connectivity index (χ2n) is 5.61. The monoisotopic (exact) mass is 340 g/mol. The van der Waals surface area contributed by atoms with Crippen LogP contribution in [0.3, 0.4) is 0 Å². The van der Waals surface area contributed by atoms with Crippen LogP contribution in [0.15, 0.2) is 48.5 Å². The van der Waals surface area contributed by atoms with Crippen LogP contribution in [-0.2, 0) is 6.54 Å². The highest BCUT2D eigenvalue weighted by molar-refractivity contribution is 6.30. The molecule has 1 saturated heterocycles. The minimum atomic E-state index is -0.212. The molecule has 2 nitrogen and oxygen atoms in total. The molecule has 0 amide bonds. The number of likely N-dealkylation sites (tertiary alicyclic amines) is 1. The predicted molar refractivity (Wildman–Crippen MR) is 91.1 cm³/mol. The molecule has 3 rings (SSSR count). The van der Waals surface area contributed by atoms with E-state index in [0.29, 0.717) is 23.0 Å². The molecule has 2 aromatic carbocycles. The summed E-state index contributed by atoms with van der Waals surface area (Å²) in [5.74, 6) is 0.0876. The van der Waals surface area contributed by atoms with Crippen molar-refractivity contribution in [2.24, 2.45) is 5.73 Å². The van der Waals surface area contributed by atoms with Gasteiger partial charge in [-0.1, -0.05) is 41.9 Å². The van der Waals surface area contributed by atoms with Gasteiger partial charge in [0.15, 0.2) is 0 Å². The van der Waals surface area contributed by atoms with Gasteiger partial charge in [0, 0.05) is 42.2 Å². The van der Waals surface area contributed by atoms with Gasteiger partial charge in [0.05, 0.1) is 0 Å². The highest BCUT2D eigenvalue weighted by atomic mass is 35.5. The summed E-state index contributed by atoms with van der Waals surface area (Å²) in [5, 5.41) is 0.564. The highest BCUT2D eigenvalue weighted by Crippen LogP contribution is 2.28. The van der Waals surface area contributed by atoms with Crippen LogP contribution in [0.1, 0.15) is 17.0 Å². The van der Waals surface area contributed by atoms with E-state index in [1.165, 1.54) is 11.6 Å². The van der Waals surface area contributed by atoms with Crippen molar-refractivity contribution >= 4 is 24.0 Å². The van der Waals surface area contributed by atoms with Crippen LogP contribution in [0, 0.1) is 5.82 Å². The molecular formula is C17H19Cl2FN2. The highest BCUT2D eigenvalue weighted by Gasteiger charge is 2.31. The Labute approximate surface area is 141 Å². The summed E-state index contributed by atoms with van der Waals surface area (Å²) >= 11 is 5.95. The van der Waals surface area contributed by atoms with E-state index in [1.54, 1.807) is 12.1 Å². The van der Waals surface area contributed by atoms with E-state index in [9.17, 15) is 4.39 Å². The fourth-order valence-electron chi connectivity index (χ4n) is 3.00. The number of nitrogens with two attached hydrogens (primary N) is 1. The summed E-state index contributed by atoms with van der Waals surface area (Å²) in [6.07, 6.45) is 0. The Morgan fingerprint density at radius 3 is 2.59 bits per heavy atom. The van der Waals surface area contributed by atoms with Gasteiger partial charge in [0.25, 0.3) is 0 Å². The van der Waals surface area contributed by atoms with Crippen molar-refractivity contribution in [3.05, 3.63) is 70.5 Å². The summed E-state index contributed by atoms with van der Waals surface area (Å²) in [7, 11) is 0. The molecule has 1 heterocycles. The molecule has 2 N–H and O–H groups in total. The third-order valence-corrected chi connectivity index (χ3v) is 4.31. The molecule has 1 aliphatic heterocycles. The molecular weight excluding hydrogens is 322 g/mol. The van der Waals surface area contributed by atoms with Crippen LogP contribution < -0.4 is 5.73 Å². The first-order valence-corrected chi connectivity index (χ1v) is 7.48. The van der Waals surface area contributed by atoms with Gasteiger partial charge in [-0.2, -0.15) is 0 Å². The van der Waals surface area contributed by atoms with Crippen LogP contribution in [0.25, 0.3) is 0 Å². The normalized spacial score (nSPS) is 21.6. The van der Waals surface area contributed by atoms with Gasteiger partial charge in [0.1, 0.15) is 5.82 Å². The summed E-state index contributed by atoms with van der Waals surface area (Å²) in [6.45, 7) is 2.16. The largest absolute Gasteiger partial charge is 0.326 e. The smallest absolute Gasteiger partial charge is 0.127 e. The minimum Gasteiger partial charge on any atom is -0.326 e. The summed E-state index contributed by atoms with van der Waals surface area (Å²) in [6, 6.07) is 15.0. The number of benzene rings is 2. The van der Waals surface area contributed by atoms with E-state index in [1.807, 2.05) is 18.2 Å². The SMILES string of the molecule is Cl.N[C@@H]1CN(Cc2cc(Cl)ccc2F)C[C@H]1c1ccccc1. The zero-order chi connectivity index (χ0) is 14.8. The lowest BCUT2D eigenvalue weighted by molar-refractivity contribution is 0.318. The number of hydrogen-bond donors (Lipinski definition) is 1. The van der Waals surface area contributed by atoms with Gasteiger partial charge >= 0.3 is 0 Å². The van der Waals surface area contributed by atoms with E-state index >= 15 is 0 Å². The first-order valence-electron chi connectivity index (χ1n) is 7.10. The lowest BCUT2D eigenvalue weighted by Crippen LogP contribution is -2.28. The van der Waals surface area contributed by atoms with E-state index in [4.69, 9.17) is 17.3 Å². The number of nitrogens with zero attached hydrogens (tertiary/aromatic N) is 1. The molecule has 0 radical (unpaired) electrons. The maximum absolute atomic E-state index is 13.8. The van der Waals surface area contributed by atoms with Crippen LogP contribution in [-0.4, -0.2) is 24.0 Å². The van der Waals surface area contributed by atoms with Crippen molar-refractivity contribution < 1.29 is 4.39 Å². The van der Waals surface area contributed by atoms with Crippen LogP contribution in [0.5, 0.6) is 0 Å². The molecule has 0 aromatic heterocycles. The molecule has 0 bridgehead atoms. The van der Waals surface area contributed by atoms with E-state index < -0.39 is 0 Å². The molecule has 22 heavy (non-hydrogen) atoms. The molecule has 0 spiro atoms. The zero-order valence-corrected chi connectivity index (χ0v) is 13.7. The molecule has 1 aliphatic rings. The van der Waals surface area contributed by atoms with Crippen molar-refractivity contribution in [1.29, 1.82) is 0 Å². The van der Waals surface area contributed by atoms with E-state index in [-0.39, 0.29) is 24.3 Å². The fraction of sp³-hybridized carbons (Fsp3) is 0.294. The Bertz CT molecular complexity index is 621. The Balaban J connectivity index is 0.00000176. The van der Waals surface area contributed by atoms with Gasteiger partial charge in [0.2, 0.25) is 0 Å². The Hall–Kier alpha value is -1.13. The lowest BCUT2D eigenvalue weighted by Gasteiger charge is -2.16. The minimum absolute atomic E-state index is 0. The molecule has 1 fully saturated rings. The summed E-state index contributed by atoms with van der Waals surface area (Å²) in [5.41, 5.74) is 8.14. The second kappa shape index (κ2) is 7.42. The molecule has 0 unspecified atom stereocenters. The fourth-order valence-corrected chi connectivity index (χ4v) is 3.20. The van der Waals surface area contributed by atoms with Gasteiger partial charge < -0.3 is 5.73 Å². The average molecular weight is 341 g/mol. The standard InChI is InChI=1S/C17H18ClFN2.ClH/c18-14-6-7-16(19)13(8-14)9-21-10-15(17(20)11-21)12-4-2-1-3-5-12;/h1-8,15,17H,9-11,20H2;1H/t15-,17+;/m0./s1. The van der Waals surface area contributed by atoms with Crippen LogP contribution >= 0.6 is 24.0 Å². The van der Waals surface area contributed by atoms with Crippen LogP contribution in [0.2, 0.25) is 5.02 Å². The summed E-state index contributed by atoms with van der Waals surface area (Å²) in [4.78, 5) is 2.19. The first-order chi connectivity index (χ1) is 10.1. The van der Waals surface area contributed by atoms with Crippen molar-refractivity contribution in [2.75, 3.05) is 13.1 Å². The first kappa shape index (κ1) is 17.2. The van der Waals surface area contributed by atoms with Gasteiger partial charge in [-0.15, -0.1) is 12.4 Å². The van der Waals surface area contributed by atoms with Crippen LogP contribution in [0.4, 0.5) is 4.39 Å². The average Bonchev–Trinajstić information content (AvgIpc) is 2.84. The van der Waals surface area contributed by atoms with Gasteiger partial charge in [-0.25, -0.2) is 4.39 Å². The van der Waals surface area contributed by atoms with Crippen molar-refractivity contribution in [3.63, 3.8) is 0 Å². The maximum Gasteiger partial charge on any atom is 0.127 e. The lowest BCUT2D eigenvalue weighted by atomic mass is 9.95. The predicted octanol–water partition coefficient (Wildman–Crippen LogP) is 3.83. The van der Waals surface area contributed by atoms with E-state index in [2.05, 4.69) is 17.0 Å². The molecule has 118 valence electrons.